The number of hydrogen-bond donors (Lipinski definition) is 3. The van der Waals surface area contributed by atoms with Crippen molar-refractivity contribution in [3.05, 3.63) is 0 Å². The van der Waals surface area contributed by atoms with Crippen molar-refractivity contribution in [3.8, 4) is 0 Å². The van der Waals surface area contributed by atoms with Crippen molar-refractivity contribution >= 4 is 12.0 Å². The normalized spacial score (nSPS) is 21.4. The van der Waals surface area contributed by atoms with Crippen LogP contribution in [0.1, 0.15) is 32.6 Å². The third kappa shape index (κ3) is 4.18. The largest absolute Gasteiger partial charge is 0.480 e. The van der Waals surface area contributed by atoms with Gasteiger partial charge in [-0.25, -0.2) is 9.59 Å². The SMILES string of the molecule is CCC1CCCN(C(=O)NC(CCO)C(=O)O)C1. The van der Waals surface area contributed by atoms with Gasteiger partial charge >= 0.3 is 12.0 Å². The van der Waals surface area contributed by atoms with Gasteiger partial charge in [0.15, 0.2) is 0 Å². The Bertz CT molecular complexity index is 296. The molecule has 0 aliphatic carbocycles. The first-order valence-corrected chi connectivity index (χ1v) is 6.47. The van der Waals surface area contributed by atoms with Crippen molar-refractivity contribution in [2.75, 3.05) is 19.7 Å². The Kier molecular flexibility index (Phi) is 5.91. The van der Waals surface area contributed by atoms with E-state index in [0.29, 0.717) is 19.0 Å². The van der Waals surface area contributed by atoms with Gasteiger partial charge in [0.1, 0.15) is 6.04 Å². The molecule has 0 saturated carbocycles. The molecular formula is C12H22N2O4. The van der Waals surface area contributed by atoms with Gasteiger partial charge in [0.25, 0.3) is 0 Å². The van der Waals surface area contributed by atoms with Crippen LogP contribution in [0.4, 0.5) is 4.79 Å². The van der Waals surface area contributed by atoms with Crippen molar-refractivity contribution < 1.29 is 19.8 Å². The van der Waals surface area contributed by atoms with Crippen LogP contribution in [0, 0.1) is 5.92 Å². The molecule has 1 fully saturated rings. The minimum absolute atomic E-state index is 0.0338. The van der Waals surface area contributed by atoms with Gasteiger partial charge in [-0.3, -0.25) is 0 Å². The molecule has 6 heteroatoms. The molecule has 0 aromatic rings. The number of carboxylic acid groups (broad SMARTS) is 1. The average molecular weight is 258 g/mol. The van der Waals surface area contributed by atoms with Crippen LogP contribution in [-0.4, -0.2) is 52.9 Å². The zero-order chi connectivity index (χ0) is 13.5. The van der Waals surface area contributed by atoms with Gasteiger partial charge in [0.2, 0.25) is 0 Å². The molecule has 0 aromatic carbocycles. The van der Waals surface area contributed by atoms with Crippen molar-refractivity contribution in [3.63, 3.8) is 0 Å². The quantitative estimate of drug-likeness (QED) is 0.675. The molecule has 1 aliphatic rings. The van der Waals surface area contributed by atoms with E-state index in [1.54, 1.807) is 4.90 Å². The molecule has 0 bridgehead atoms. The third-order valence-corrected chi connectivity index (χ3v) is 3.40. The number of piperidine rings is 1. The summed E-state index contributed by atoms with van der Waals surface area (Å²) in [7, 11) is 0. The summed E-state index contributed by atoms with van der Waals surface area (Å²) in [6, 6.07) is -1.35. The second-order valence-corrected chi connectivity index (χ2v) is 4.72. The molecule has 6 nitrogen and oxygen atoms in total. The summed E-state index contributed by atoms with van der Waals surface area (Å²) in [5.41, 5.74) is 0. The fraction of sp³-hybridized carbons (Fsp3) is 0.833. The molecule has 2 unspecified atom stereocenters. The van der Waals surface area contributed by atoms with Crippen LogP contribution in [0.2, 0.25) is 0 Å². The fourth-order valence-electron chi connectivity index (χ4n) is 2.21. The summed E-state index contributed by atoms with van der Waals surface area (Å²) in [6.07, 6.45) is 3.15. The number of nitrogens with zero attached hydrogens (tertiary/aromatic N) is 1. The van der Waals surface area contributed by atoms with E-state index in [-0.39, 0.29) is 19.1 Å². The predicted molar refractivity (Wildman–Crippen MR) is 66.2 cm³/mol. The van der Waals surface area contributed by atoms with E-state index in [1.807, 2.05) is 0 Å². The van der Waals surface area contributed by atoms with Gasteiger partial charge in [0, 0.05) is 26.1 Å². The molecule has 2 atom stereocenters. The van der Waals surface area contributed by atoms with Crippen LogP contribution >= 0.6 is 0 Å². The number of carbonyl (C=O) groups excluding carboxylic acids is 1. The minimum atomic E-state index is -1.11. The highest BCUT2D eigenvalue weighted by molar-refractivity contribution is 5.82. The van der Waals surface area contributed by atoms with Crippen molar-refractivity contribution in [2.45, 2.75) is 38.6 Å². The van der Waals surface area contributed by atoms with E-state index in [1.165, 1.54) is 0 Å². The molecule has 0 radical (unpaired) electrons. The zero-order valence-electron chi connectivity index (χ0n) is 10.8. The molecular weight excluding hydrogens is 236 g/mol. The van der Waals surface area contributed by atoms with E-state index in [9.17, 15) is 9.59 Å². The van der Waals surface area contributed by atoms with Gasteiger partial charge in [-0.15, -0.1) is 0 Å². The monoisotopic (exact) mass is 258 g/mol. The third-order valence-electron chi connectivity index (χ3n) is 3.40. The first kappa shape index (κ1) is 14.8. The maximum absolute atomic E-state index is 11.9. The number of carboxylic acids is 1. The molecule has 18 heavy (non-hydrogen) atoms. The molecule has 0 aromatic heterocycles. The van der Waals surface area contributed by atoms with Crippen LogP contribution < -0.4 is 5.32 Å². The number of rotatable bonds is 5. The first-order chi connectivity index (χ1) is 8.58. The van der Waals surface area contributed by atoms with E-state index >= 15 is 0 Å². The summed E-state index contributed by atoms with van der Waals surface area (Å²) in [6.45, 7) is 3.20. The lowest BCUT2D eigenvalue weighted by Gasteiger charge is -2.33. The van der Waals surface area contributed by atoms with Gasteiger partial charge in [-0.05, 0) is 18.8 Å². The first-order valence-electron chi connectivity index (χ1n) is 6.47. The summed E-state index contributed by atoms with van der Waals surface area (Å²) in [5.74, 6) is -0.605. The molecule has 1 heterocycles. The summed E-state index contributed by atoms with van der Waals surface area (Å²) >= 11 is 0. The molecule has 2 amide bonds. The lowest BCUT2D eigenvalue weighted by Crippen LogP contribution is -2.51. The average Bonchev–Trinajstić information content (AvgIpc) is 2.38. The summed E-state index contributed by atoms with van der Waals surface area (Å²) in [5, 5.41) is 20.1. The maximum atomic E-state index is 11.9. The number of amides is 2. The van der Waals surface area contributed by atoms with Crippen LogP contribution in [0.5, 0.6) is 0 Å². The minimum Gasteiger partial charge on any atom is -0.480 e. The highest BCUT2D eigenvalue weighted by Gasteiger charge is 2.26. The Morgan fingerprint density at radius 3 is 2.78 bits per heavy atom. The summed E-state index contributed by atoms with van der Waals surface area (Å²) < 4.78 is 0. The van der Waals surface area contributed by atoms with E-state index in [4.69, 9.17) is 10.2 Å². The molecule has 1 saturated heterocycles. The highest BCUT2D eigenvalue weighted by Crippen LogP contribution is 2.19. The van der Waals surface area contributed by atoms with E-state index < -0.39 is 12.0 Å². The van der Waals surface area contributed by atoms with Crippen LogP contribution in [0.25, 0.3) is 0 Å². The molecule has 0 spiro atoms. The van der Waals surface area contributed by atoms with Crippen LogP contribution in [0.3, 0.4) is 0 Å². The van der Waals surface area contributed by atoms with E-state index in [0.717, 1.165) is 19.3 Å². The smallest absolute Gasteiger partial charge is 0.326 e. The number of aliphatic hydroxyl groups excluding tert-OH is 1. The molecule has 1 aliphatic heterocycles. The van der Waals surface area contributed by atoms with Gasteiger partial charge in [-0.1, -0.05) is 13.3 Å². The zero-order valence-corrected chi connectivity index (χ0v) is 10.8. The molecule has 3 N–H and O–H groups in total. The van der Waals surface area contributed by atoms with Gasteiger partial charge in [-0.2, -0.15) is 0 Å². The number of nitrogens with one attached hydrogen (secondary N) is 1. The Labute approximate surface area is 107 Å². The standard InChI is InChI=1S/C12H22N2O4/c1-2-9-4-3-6-14(8-9)12(18)13-10(5-7-15)11(16)17/h9-10,15H,2-8H2,1H3,(H,13,18)(H,16,17). The molecule has 1 rings (SSSR count). The van der Waals surface area contributed by atoms with Crippen molar-refractivity contribution in [1.82, 2.24) is 10.2 Å². The number of aliphatic carboxylic acids is 1. The Balaban J connectivity index is 2.50. The van der Waals surface area contributed by atoms with Gasteiger partial charge < -0.3 is 20.4 Å². The van der Waals surface area contributed by atoms with Crippen LogP contribution in [0.15, 0.2) is 0 Å². The predicted octanol–water partition coefficient (Wildman–Crippen LogP) is 0.654. The van der Waals surface area contributed by atoms with E-state index in [2.05, 4.69) is 12.2 Å². The lowest BCUT2D eigenvalue weighted by atomic mass is 9.96. The Morgan fingerprint density at radius 2 is 2.22 bits per heavy atom. The van der Waals surface area contributed by atoms with Crippen LogP contribution in [-0.2, 0) is 4.79 Å². The number of likely N-dealkylation sites (tertiary alicyclic amines) is 1. The van der Waals surface area contributed by atoms with Crippen molar-refractivity contribution in [1.29, 1.82) is 0 Å². The summed E-state index contributed by atoms with van der Waals surface area (Å²) in [4.78, 5) is 24.5. The molecule has 104 valence electrons. The fourth-order valence-corrected chi connectivity index (χ4v) is 2.21. The lowest BCUT2D eigenvalue weighted by molar-refractivity contribution is -0.139. The maximum Gasteiger partial charge on any atom is 0.326 e. The Hall–Kier alpha value is -1.30. The second kappa shape index (κ2) is 7.20. The van der Waals surface area contributed by atoms with Crippen molar-refractivity contribution in [2.24, 2.45) is 5.92 Å². The number of aliphatic hydroxyl groups is 1. The second-order valence-electron chi connectivity index (χ2n) is 4.72. The Morgan fingerprint density at radius 1 is 1.50 bits per heavy atom. The topological polar surface area (TPSA) is 89.9 Å². The highest BCUT2D eigenvalue weighted by atomic mass is 16.4. The number of hydrogen-bond acceptors (Lipinski definition) is 3. The number of urea groups is 1. The van der Waals surface area contributed by atoms with Gasteiger partial charge in [0.05, 0.1) is 0 Å². The number of carbonyl (C=O) groups is 2.